The second-order valence-corrected chi connectivity index (χ2v) is 11.8. The summed E-state index contributed by atoms with van der Waals surface area (Å²) in [5, 5.41) is 14.7. The zero-order valence-corrected chi connectivity index (χ0v) is 25.0. The number of aryl methyl sites for hydroxylation is 2. The molecule has 0 fully saturated rings. The zero-order chi connectivity index (χ0) is 31.7. The van der Waals surface area contributed by atoms with E-state index < -0.39 is 11.7 Å². The molecule has 2 aromatic heterocycles. The summed E-state index contributed by atoms with van der Waals surface area (Å²) in [5.41, 5.74) is 6.58. The Labute approximate surface area is 263 Å². The number of nitriles is 1. The highest BCUT2D eigenvalue weighted by molar-refractivity contribution is 6.11. The Hall–Kier alpha value is -5.80. The highest BCUT2D eigenvalue weighted by Crippen LogP contribution is 2.44. The monoisotopic (exact) mass is 605 g/mol. The summed E-state index contributed by atoms with van der Waals surface area (Å²) < 4.78 is 48.1. The Bertz CT molecular complexity index is 2560. The van der Waals surface area contributed by atoms with E-state index in [0.29, 0.717) is 22.5 Å². The number of hydrogen-bond acceptors (Lipinski definition) is 1. The molecule has 46 heavy (non-hydrogen) atoms. The minimum absolute atomic E-state index is 0.0475. The van der Waals surface area contributed by atoms with E-state index in [9.17, 15) is 18.4 Å². The second kappa shape index (κ2) is 10.1. The molecule has 6 aromatic carbocycles. The maximum Gasteiger partial charge on any atom is 0.417 e. The summed E-state index contributed by atoms with van der Waals surface area (Å²) in [6.45, 7) is 4.00. The summed E-state index contributed by atoms with van der Waals surface area (Å²) in [5.74, 6) is 0. The predicted octanol–water partition coefficient (Wildman–Crippen LogP) is 11.1. The van der Waals surface area contributed by atoms with Crippen molar-refractivity contribution in [2.45, 2.75) is 20.0 Å². The Kier molecular flexibility index (Phi) is 6.10. The van der Waals surface area contributed by atoms with Crippen molar-refractivity contribution in [3.63, 3.8) is 0 Å². The molecule has 0 unspecified atom stereocenters. The van der Waals surface area contributed by atoms with Gasteiger partial charge in [-0.2, -0.15) is 18.4 Å². The van der Waals surface area contributed by atoms with Gasteiger partial charge in [0.15, 0.2) is 0 Å². The molecule has 0 saturated carbocycles. The van der Waals surface area contributed by atoms with Gasteiger partial charge in [-0.15, -0.1) is 0 Å². The van der Waals surface area contributed by atoms with Crippen molar-refractivity contribution < 1.29 is 13.2 Å². The minimum atomic E-state index is -4.59. The van der Waals surface area contributed by atoms with Crippen LogP contribution in [0, 0.1) is 25.2 Å². The van der Waals surface area contributed by atoms with Crippen LogP contribution in [-0.4, -0.2) is 9.13 Å². The minimum Gasteiger partial charge on any atom is -0.309 e. The summed E-state index contributed by atoms with van der Waals surface area (Å²) in [4.78, 5) is 0. The molecule has 6 heteroatoms. The fourth-order valence-electron chi connectivity index (χ4n) is 6.90. The van der Waals surface area contributed by atoms with Crippen molar-refractivity contribution in [3.05, 3.63) is 144 Å². The fraction of sp³-hybridized carbons (Fsp3) is 0.0750. The van der Waals surface area contributed by atoms with E-state index >= 15 is 0 Å². The van der Waals surface area contributed by atoms with Crippen molar-refractivity contribution in [2.24, 2.45) is 0 Å². The average molecular weight is 606 g/mol. The third-order valence-electron chi connectivity index (χ3n) is 8.90. The lowest BCUT2D eigenvalue weighted by atomic mass is 9.95. The molecule has 0 radical (unpaired) electrons. The van der Waals surface area contributed by atoms with Crippen LogP contribution >= 0.6 is 0 Å². The van der Waals surface area contributed by atoms with Gasteiger partial charge in [0.2, 0.25) is 0 Å². The molecule has 8 aromatic rings. The molecule has 0 aliphatic rings. The first-order valence-corrected chi connectivity index (χ1v) is 15.0. The van der Waals surface area contributed by atoms with Crippen LogP contribution in [0.1, 0.15) is 22.3 Å². The number of benzene rings is 6. The first kappa shape index (κ1) is 27.7. The SMILES string of the molecule is Cc1ccc2c3ccccc3n(-c3cc(-c4ccccc4C(F)(F)F)c(-n4c5ccccc5c5ccc(C)cc54)cc3C#N)c2c1. The Morgan fingerprint density at radius 1 is 0.522 bits per heavy atom. The number of alkyl halides is 3. The van der Waals surface area contributed by atoms with Gasteiger partial charge in [0, 0.05) is 27.1 Å². The number of halogens is 3. The highest BCUT2D eigenvalue weighted by Gasteiger charge is 2.34. The standard InChI is InChI=1S/C40H26F3N3/c1-24-15-17-30-28-10-4-7-13-34(28)45(37(30)19-24)36-22-32(27-9-3-6-12-33(27)40(41,42)43)39(21-26(36)23-44)46-35-14-8-5-11-29(35)31-18-16-25(2)20-38(31)46/h3-22H,1-2H3. The zero-order valence-electron chi connectivity index (χ0n) is 25.0. The number of fused-ring (bicyclic) bond motifs is 6. The second-order valence-electron chi connectivity index (χ2n) is 11.8. The molecule has 0 aliphatic heterocycles. The van der Waals surface area contributed by atoms with Gasteiger partial charge in [0.1, 0.15) is 6.07 Å². The van der Waals surface area contributed by atoms with Crippen LogP contribution in [0.15, 0.2) is 121 Å². The van der Waals surface area contributed by atoms with Crippen LogP contribution < -0.4 is 0 Å². The molecule has 222 valence electrons. The van der Waals surface area contributed by atoms with Gasteiger partial charge < -0.3 is 9.13 Å². The molecule has 0 aliphatic carbocycles. The summed E-state index contributed by atoms with van der Waals surface area (Å²) in [6, 6.07) is 39.7. The topological polar surface area (TPSA) is 33.6 Å². The average Bonchev–Trinajstić information content (AvgIpc) is 3.55. The van der Waals surface area contributed by atoms with E-state index in [2.05, 4.69) is 18.2 Å². The molecular weight excluding hydrogens is 579 g/mol. The first-order chi connectivity index (χ1) is 22.2. The van der Waals surface area contributed by atoms with Gasteiger partial charge in [-0.05, 0) is 73.0 Å². The third-order valence-corrected chi connectivity index (χ3v) is 8.90. The van der Waals surface area contributed by atoms with E-state index in [1.165, 1.54) is 12.1 Å². The number of nitrogens with zero attached hydrogens (tertiary/aromatic N) is 3. The van der Waals surface area contributed by atoms with E-state index in [4.69, 9.17) is 0 Å². The van der Waals surface area contributed by atoms with E-state index in [1.54, 1.807) is 18.2 Å². The quantitative estimate of drug-likeness (QED) is 0.197. The van der Waals surface area contributed by atoms with Crippen molar-refractivity contribution >= 4 is 43.6 Å². The predicted molar refractivity (Wildman–Crippen MR) is 180 cm³/mol. The van der Waals surface area contributed by atoms with Gasteiger partial charge >= 0.3 is 6.18 Å². The van der Waals surface area contributed by atoms with Gasteiger partial charge in [0.05, 0.1) is 44.6 Å². The van der Waals surface area contributed by atoms with Gasteiger partial charge in [-0.1, -0.05) is 78.9 Å². The Morgan fingerprint density at radius 2 is 1.02 bits per heavy atom. The maximum absolute atomic E-state index is 14.7. The van der Waals surface area contributed by atoms with Gasteiger partial charge in [-0.3, -0.25) is 0 Å². The molecule has 0 spiro atoms. The number of aromatic nitrogens is 2. The molecular formula is C40H26F3N3. The largest absolute Gasteiger partial charge is 0.417 e. The lowest BCUT2D eigenvalue weighted by Crippen LogP contribution is -2.09. The first-order valence-electron chi connectivity index (χ1n) is 15.0. The van der Waals surface area contributed by atoms with Crippen LogP contribution in [-0.2, 0) is 6.18 Å². The van der Waals surface area contributed by atoms with E-state index in [-0.39, 0.29) is 5.56 Å². The summed E-state index contributed by atoms with van der Waals surface area (Å²) in [6.07, 6.45) is -4.59. The van der Waals surface area contributed by atoms with Crippen molar-refractivity contribution in [1.29, 1.82) is 5.26 Å². The molecule has 2 heterocycles. The van der Waals surface area contributed by atoms with Crippen molar-refractivity contribution in [2.75, 3.05) is 0 Å². The Morgan fingerprint density at radius 3 is 1.59 bits per heavy atom. The molecule has 8 rings (SSSR count). The fourth-order valence-corrected chi connectivity index (χ4v) is 6.90. The highest BCUT2D eigenvalue weighted by atomic mass is 19.4. The van der Waals surface area contributed by atoms with Crippen LogP contribution in [0.5, 0.6) is 0 Å². The smallest absolute Gasteiger partial charge is 0.309 e. The Balaban J connectivity index is 1.57. The number of rotatable bonds is 3. The van der Waals surface area contributed by atoms with Gasteiger partial charge in [0.25, 0.3) is 0 Å². The number of para-hydroxylation sites is 2. The van der Waals surface area contributed by atoms with Gasteiger partial charge in [-0.25, -0.2) is 0 Å². The summed E-state index contributed by atoms with van der Waals surface area (Å²) >= 11 is 0. The molecule has 0 N–H and O–H groups in total. The molecule has 3 nitrogen and oxygen atoms in total. The van der Waals surface area contributed by atoms with Crippen LogP contribution in [0.25, 0.3) is 66.1 Å². The van der Waals surface area contributed by atoms with Crippen molar-refractivity contribution in [1.82, 2.24) is 9.13 Å². The molecule has 0 saturated heterocycles. The summed E-state index contributed by atoms with van der Waals surface area (Å²) in [7, 11) is 0. The maximum atomic E-state index is 14.7. The van der Waals surface area contributed by atoms with E-state index in [1.807, 2.05) is 95.8 Å². The lowest BCUT2D eigenvalue weighted by molar-refractivity contribution is -0.137. The van der Waals surface area contributed by atoms with Crippen LogP contribution in [0.2, 0.25) is 0 Å². The van der Waals surface area contributed by atoms with Crippen LogP contribution in [0.4, 0.5) is 13.2 Å². The third kappa shape index (κ3) is 4.13. The number of hydrogen-bond donors (Lipinski definition) is 0. The van der Waals surface area contributed by atoms with Crippen molar-refractivity contribution in [3.8, 4) is 28.6 Å². The molecule has 0 bridgehead atoms. The van der Waals surface area contributed by atoms with Crippen LogP contribution in [0.3, 0.4) is 0 Å². The lowest BCUT2D eigenvalue weighted by Gasteiger charge is -2.21. The molecule has 0 amide bonds. The molecule has 0 atom stereocenters. The van der Waals surface area contributed by atoms with E-state index in [0.717, 1.165) is 60.8 Å². The normalized spacial score (nSPS) is 12.0.